The molecule has 0 fully saturated rings. The molecule has 0 saturated carbocycles. The van der Waals surface area contributed by atoms with Crippen LogP contribution in [0.25, 0.3) is 0 Å². The van der Waals surface area contributed by atoms with Crippen LogP contribution in [-0.2, 0) is 19.1 Å². The van der Waals surface area contributed by atoms with Crippen LogP contribution < -0.4 is 0 Å². The molecule has 1 aromatic rings. The molecule has 0 amide bonds. The predicted molar refractivity (Wildman–Crippen MR) is 49.9 cm³/mol. The fraction of sp³-hybridized carbons (Fsp3) is 0.375. The first-order valence-corrected chi connectivity index (χ1v) is 4.07. The second-order valence-electron chi connectivity index (χ2n) is 2.44. The van der Waals surface area contributed by atoms with E-state index in [0.717, 1.165) is 6.21 Å². The fourth-order valence-electron chi connectivity index (χ4n) is 0.806. The third-order valence-corrected chi connectivity index (χ3v) is 1.51. The Bertz CT molecular complexity index is 323. The Labute approximate surface area is 86.0 Å². The molecule has 1 N–H and O–H groups in total. The Hall–Kier alpha value is -1.89. The van der Waals surface area contributed by atoms with Gasteiger partial charge < -0.3 is 14.3 Å². The summed E-state index contributed by atoms with van der Waals surface area (Å²) in [4.78, 5) is 15.5. The zero-order valence-electron chi connectivity index (χ0n) is 8.34. The van der Waals surface area contributed by atoms with Gasteiger partial charge in [-0.2, -0.15) is 5.10 Å². The van der Waals surface area contributed by atoms with E-state index in [4.69, 9.17) is 9.57 Å². The van der Waals surface area contributed by atoms with Gasteiger partial charge in [0.2, 0.25) is 0 Å². The van der Waals surface area contributed by atoms with Crippen molar-refractivity contribution in [1.82, 2.24) is 10.2 Å². The van der Waals surface area contributed by atoms with Crippen molar-refractivity contribution in [2.75, 3.05) is 14.2 Å². The molecule has 1 aromatic heterocycles. The van der Waals surface area contributed by atoms with E-state index >= 15 is 0 Å². The lowest BCUT2D eigenvalue weighted by atomic mass is 10.4. The molecule has 1 rings (SSSR count). The van der Waals surface area contributed by atoms with Crippen molar-refractivity contribution in [3.05, 3.63) is 18.0 Å². The van der Waals surface area contributed by atoms with E-state index in [2.05, 4.69) is 20.1 Å². The molecule has 7 nitrogen and oxygen atoms in total. The predicted octanol–water partition coefficient (Wildman–Crippen LogP) is 0.230. The summed E-state index contributed by atoms with van der Waals surface area (Å²) in [6.45, 7) is 0. The van der Waals surface area contributed by atoms with Crippen LogP contribution >= 0.6 is 0 Å². The zero-order valence-corrected chi connectivity index (χ0v) is 8.34. The summed E-state index contributed by atoms with van der Waals surface area (Å²) in [5.74, 6) is -0.602. The molecule has 0 bridgehead atoms. The van der Waals surface area contributed by atoms with Crippen molar-refractivity contribution in [1.29, 1.82) is 0 Å². The van der Waals surface area contributed by atoms with Crippen molar-refractivity contribution < 1.29 is 19.1 Å². The maximum Gasteiger partial charge on any atom is 0.352 e. The van der Waals surface area contributed by atoms with Crippen LogP contribution in [0.2, 0.25) is 0 Å². The van der Waals surface area contributed by atoms with Crippen molar-refractivity contribution in [2.24, 2.45) is 5.16 Å². The molecule has 1 atom stereocenters. The number of esters is 1. The lowest BCUT2D eigenvalue weighted by Gasteiger charge is -2.09. The average molecular weight is 213 g/mol. The molecule has 0 aromatic carbocycles. The Morgan fingerprint density at radius 1 is 1.67 bits per heavy atom. The second kappa shape index (κ2) is 5.76. The van der Waals surface area contributed by atoms with Crippen LogP contribution in [0.4, 0.5) is 0 Å². The molecular formula is C8H11N3O4. The minimum absolute atomic E-state index is 0.597. The van der Waals surface area contributed by atoms with Crippen molar-refractivity contribution in [3.8, 4) is 0 Å². The van der Waals surface area contributed by atoms with Gasteiger partial charge in [-0.05, 0) is 6.07 Å². The summed E-state index contributed by atoms with van der Waals surface area (Å²) in [5.41, 5.74) is 0.597. The van der Waals surface area contributed by atoms with Crippen LogP contribution in [0.1, 0.15) is 12.0 Å². The quantitative estimate of drug-likeness (QED) is 0.327. The van der Waals surface area contributed by atoms with Crippen molar-refractivity contribution >= 4 is 12.2 Å². The SMILES string of the molecule is COC(=O)C=NOC(OC)c1ccn[nH]1. The Balaban J connectivity index is 2.48. The number of oxime groups is 1. The minimum atomic E-state index is -0.728. The number of ether oxygens (including phenoxy) is 2. The standard InChI is InChI=1S/C8H11N3O4/c1-13-7(12)5-10-15-8(14-2)6-3-4-9-11-6/h3-5,8H,1-2H3,(H,9,11). The highest BCUT2D eigenvalue weighted by Gasteiger charge is 2.12. The van der Waals surface area contributed by atoms with Crippen molar-refractivity contribution in [3.63, 3.8) is 0 Å². The van der Waals surface area contributed by atoms with Crippen LogP contribution in [0.3, 0.4) is 0 Å². The molecule has 0 aliphatic heterocycles. The number of hydrogen-bond donors (Lipinski definition) is 1. The van der Waals surface area contributed by atoms with Gasteiger partial charge in [-0.3, -0.25) is 5.10 Å². The molecule has 0 aliphatic rings. The lowest BCUT2D eigenvalue weighted by molar-refractivity contribution is -0.136. The molecule has 82 valence electrons. The van der Waals surface area contributed by atoms with Gasteiger partial charge in [0.15, 0.2) is 6.21 Å². The van der Waals surface area contributed by atoms with E-state index in [9.17, 15) is 4.79 Å². The Kier molecular flexibility index (Phi) is 4.30. The first-order valence-electron chi connectivity index (χ1n) is 4.07. The highest BCUT2D eigenvalue weighted by Crippen LogP contribution is 2.14. The van der Waals surface area contributed by atoms with E-state index in [0.29, 0.717) is 5.69 Å². The number of hydrogen-bond acceptors (Lipinski definition) is 6. The first kappa shape index (κ1) is 11.2. The second-order valence-corrected chi connectivity index (χ2v) is 2.44. The normalized spacial score (nSPS) is 12.7. The molecule has 0 saturated heterocycles. The summed E-state index contributed by atoms with van der Waals surface area (Å²) in [6, 6.07) is 1.67. The molecule has 15 heavy (non-hydrogen) atoms. The van der Waals surface area contributed by atoms with E-state index in [1.165, 1.54) is 14.2 Å². The fourth-order valence-corrected chi connectivity index (χ4v) is 0.806. The molecule has 0 spiro atoms. The summed E-state index contributed by atoms with van der Waals surface area (Å²) in [5, 5.41) is 9.77. The molecule has 1 unspecified atom stereocenters. The van der Waals surface area contributed by atoms with Gasteiger partial charge in [0, 0.05) is 13.3 Å². The molecule has 0 radical (unpaired) electrons. The van der Waals surface area contributed by atoms with Gasteiger partial charge >= 0.3 is 5.97 Å². The molecule has 1 heterocycles. The number of carbonyl (C=O) groups excluding carboxylic acids is 1. The van der Waals surface area contributed by atoms with Crippen molar-refractivity contribution in [2.45, 2.75) is 6.29 Å². The number of rotatable bonds is 5. The van der Waals surface area contributed by atoms with Gasteiger partial charge in [-0.15, -0.1) is 0 Å². The number of H-pyrrole nitrogens is 1. The lowest BCUT2D eigenvalue weighted by Crippen LogP contribution is -2.06. The maximum atomic E-state index is 10.7. The number of methoxy groups -OCH3 is 2. The number of aromatic nitrogens is 2. The molecule has 7 heteroatoms. The minimum Gasteiger partial charge on any atom is -0.465 e. The Morgan fingerprint density at radius 2 is 2.47 bits per heavy atom. The van der Waals surface area contributed by atoms with Crippen LogP contribution in [0, 0.1) is 0 Å². The highest BCUT2D eigenvalue weighted by atomic mass is 16.8. The van der Waals surface area contributed by atoms with E-state index in [-0.39, 0.29) is 0 Å². The third kappa shape index (κ3) is 3.39. The van der Waals surface area contributed by atoms with Gasteiger partial charge in [0.05, 0.1) is 7.11 Å². The van der Waals surface area contributed by atoms with E-state index < -0.39 is 12.3 Å². The van der Waals surface area contributed by atoms with Gasteiger partial charge in [0.1, 0.15) is 5.69 Å². The Morgan fingerprint density at radius 3 is 3.00 bits per heavy atom. The first-order chi connectivity index (χ1) is 7.27. The van der Waals surface area contributed by atoms with Gasteiger partial charge in [-0.25, -0.2) is 4.79 Å². The van der Waals surface area contributed by atoms with E-state index in [1.807, 2.05) is 0 Å². The highest BCUT2D eigenvalue weighted by molar-refractivity contribution is 6.22. The number of carbonyl (C=O) groups is 1. The summed E-state index contributed by atoms with van der Waals surface area (Å²) >= 11 is 0. The van der Waals surface area contributed by atoms with Gasteiger partial charge in [-0.1, -0.05) is 5.16 Å². The van der Waals surface area contributed by atoms with Gasteiger partial charge in [0.25, 0.3) is 6.29 Å². The maximum absolute atomic E-state index is 10.7. The smallest absolute Gasteiger partial charge is 0.352 e. The van der Waals surface area contributed by atoms with Crippen LogP contribution in [0.5, 0.6) is 0 Å². The summed E-state index contributed by atoms with van der Waals surface area (Å²) < 4.78 is 9.28. The summed E-state index contributed by atoms with van der Waals surface area (Å²) in [7, 11) is 2.69. The molecule has 0 aliphatic carbocycles. The number of nitrogens with one attached hydrogen (secondary N) is 1. The number of nitrogens with zero attached hydrogens (tertiary/aromatic N) is 2. The van der Waals surface area contributed by atoms with E-state index in [1.54, 1.807) is 12.3 Å². The monoisotopic (exact) mass is 213 g/mol. The number of aromatic amines is 1. The largest absolute Gasteiger partial charge is 0.465 e. The average Bonchev–Trinajstić information content (AvgIpc) is 2.77. The zero-order chi connectivity index (χ0) is 11.1. The van der Waals surface area contributed by atoms with Crippen LogP contribution in [0.15, 0.2) is 17.4 Å². The molecular weight excluding hydrogens is 202 g/mol. The topological polar surface area (TPSA) is 85.8 Å². The third-order valence-electron chi connectivity index (χ3n) is 1.51. The summed E-state index contributed by atoms with van der Waals surface area (Å²) in [6.07, 6.45) is 1.73. The van der Waals surface area contributed by atoms with Crippen LogP contribution in [-0.4, -0.2) is 36.6 Å².